The lowest BCUT2D eigenvalue weighted by atomic mass is 10.1. The van der Waals surface area contributed by atoms with E-state index in [1.54, 1.807) is 37.3 Å². The predicted octanol–water partition coefficient (Wildman–Crippen LogP) is 2.02. The van der Waals surface area contributed by atoms with Gasteiger partial charge in [0.25, 0.3) is 0 Å². The molecule has 0 aliphatic heterocycles. The minimum absolute atomic E-state index is 0.230. The van der Waals surface area contributed by atoms with Crippen molar-refractivity contribution in [1.82, 2.24) is 0 Å². The second-order valence-electron chi connectivity index (χ2n) is 3.18. The van der Waals surface area contributed by atoms with E-state index < -0.39 is 18.0 Å². The molecule has 17 heavy (non-hydrogen) atoms. The highest BCUT2D eigenvalue weighted by Crippen LogP contribution is 2.19. The Kier molecular flexibility index (Phi) is 4.94. The van der Waals surface area contributed by atoms with Crippen molar-refractivity contribution in [3.63, 3.8) is 0 Å². The van der Waals surface area contributed by atoms with Crippen molar-refractivity contribution < 1.29 is 19.1 Å². The Hall–Kier alpha value is -2.10. The molecule has 1 atom stereocenters. The average Bonchev–Trinajstić information content (AvgIpc) is 2.36. The van der Waals surface area contributed by atoms with Crippen LogP contribution in [0.5, 0.6) is 0 Å². The van der Waals surface area contributed by atoms with E-state index in [1.807, 2.05) is 0 Å². The normalized spacial score (nSPS) is 11.4. The Labute approximate surface area is 99.8 Å². The molecule has 0 saturated heterocycles. The maximum Gasteiger partial charge on any atom is 0.352 e. The van der Waals surface area contributed by atoms with Gasteiger partial charge in [-0.25, -0.2) is 9.59 Å². The van der Waals surface area contributed by atoms with Gasteiger partial charge in [-0.1, -0.05) is 36.9 Å². The lowest BCUT2D eigenvalue weighted by molar-refractivity contribution is -0.165. The summed E-state index contributed by atoms with van der Waals surface area (Å²) in [6.07, 6.45) is -0.0310. The van der Waals surface area contributed by atoms with Gasteiger partial charge < -0.3 is 9.47 Å². The molecule has 0 radical (unpaired) electrons. The number of carbonyl (C=O) groups is 2. The summed E-state index contributed by atoms with van der Waals surface area (Å²) in [6, 6.07) is 8.70. The molecule has 0 saturated carbocycles. The third kappa shape index (κ3) is 3.75. The van der Waals surface area contributed by atoms with Crippen LogP contribution < -0.4 is 0 Å². The maximum absolute atomic E-state index is 11.7. The number of esters is 2. The van der Waals surface area contributed by atoms with E-state index in [0.29, 0.717) is 5.56 Å². The summed E-state index contributed by atoms with van der Waals surface area (Å²) in [6.45, 7) is 5.21. The van der Waals surface area contributed by atoms with Gasteiger partial charge in [-0.3, -0.25) is 0 Å². The zero-order chi connectivity index (χ0) is 12.7. The van der Waals surface area contributed by atoms with E-state index in [9.17, 15) is 9.59 Å². The summed E-state index contributed by atoms with van der Waals surface area (Å²) >= 11 is 0. The molecule has 0 amide bonds. The third-order valence-electron chi connectivity index (χ3n) is 2.00. The second-order valence-corrected chi connectivity index (χ2v) is 3.18. The van der Waals surface area contributed by atoms with Crippen LogP contribution in [0.2, 0.25) is 0 Å². The molecule has 0 fully saturated rings. The van der Waals surface area contributed by atoms with Crippen LogP contribution in [0.4, 0.5) is 0 Å². The van der Waals surface area contributed by atoms with Gasteiger partial charge in [0.2, 0.25) is 6.10 Å². The molecule has 90 valence electrons. The summed E-state index contributed by atoms with van der Waals surface area (Å²) in [5, 5.41) is 0. The smallest absolute Gasteiger partial charge is 0.352 e. The number of benzene rings is 1. The fraction of sp³-hybridized carbons (Fsp3) is 0.231. The van der Waals surface area contributed by atoms with Crippen molar-refractivity contribution in [3.05, 3.63) is 48.6 Å². The fourth-order valence-electron chi connectivity index (χ4n) is 1.26. The highest BCUT2D eigenvalue weighted by Gasteiger charge is 2.25. The number of ether oxygens (including phenoxy) is 2. The summed E-state index contributed by atoms with van der Waals surface area (Å²) in [7, 11) is 0. The van der Waals surface area contributed by atoms with Crippen molar-refractivity contribution in [3.8, 4) is 0 Å². The van der Waals surface area contributed by atoms with Gasteiger partial charge in [-0.15, -0.1) is 0 Å². The van der Waals surface area contributed by atoms with Crippen molar-refractivity contribution in [1.29, 1.82) is 0 Å². The van der Waals surface area contributed by atoms with Gasteiger partial charge in [0, 0.05) is 11.6 Å². The monoisotopic (exact) mass is 234 g/mol. The largest absolute Gasteiger partial charge is 0.463 e. The first kappa shape index (κ1) is 13.0. The fourth-order valence-corrected chi connectivity index (χ4v) is 1.26. The Morgan fingerprint density at radius 2 is 2.00 bits per heavy atom. The minimum atomic E-state index is -1.04. The number of hydrogen-bond donors (Lipinski definition) is 0. The SMILES string of the molecule is C=CC(=O)OC(C(=O)OCC)c1ccccc1. The minimum Gasteiger partial charge on any atom is -0.463 e. The Morgan fingerprint density at radius 3 is 2.53 bits per heavy atom. The standard InChI is InChI=1S/C13H14O4/c1-3-11(14)17-12(13(15)16-4-2)10-8-6-5-7-9-10/h3,5-9,12H,1,4H2,2H3. The Balaban J connectivity index is 2.90. The molecule has 4 nitrogen and oxygen atoms in total. The first-order chi connectivity index (χ1) is 8.19. The lowest BCUT2D eigenvalue weighted by Crippen LogP contribution is -2.21. The average molecular weight is 234 g/mol. The molecular weight excluding hydrogens is 220 g/mol. The quantitative estimate of drug-likeness (QED) is 0.577. The van der Waals surface area contributed by atoms with Crippen LogP contribution in [0, 0.1) is 0 Å². The van der Waals surface area contributed by atoms with Crippen molar-refractivity contribution >= 4 is 11.9 Å². The molecule has 0 bridgehead atoms. The van der Waals surface area contributed by atoms with E-state index >= 15 is 0 Å². The van der Waals surface area contributed by atoms with E-state index in [-0.39, 0.29) is 6.61 Å². The van der Waals surface area contributed by atoms with Crippen LogP contribution in [-0.2, 0) is 19.1 Å². The summed E-state index contributed by atoms with van der Waals surface area (Å²) in [5.41, 5.74) is 0.571. The Morgan fingerprint density at radius 1 is 1.35 bits per heavy atom. The first-order valence-electron chi connectivity index (χ1n) is 5.23. The highest BCUT2D eigenvalue weighted by atomic mass is 16.6. The molecule has 0 aromatic heterocycles. The molecule has 1 aromatic carbocycles. The molecule has 0 N–H and O–H groups in total. The molecule has 0 heterocycles. The summed E-state index contributed by atoms with van der Waals surface area (Å²) in [4.78, 5) is 22.8. The molecular formula is C13H14O4. The van der Waals surface area contributed by atoms with Gasteiger partial charge in [-0.2, -0.15) is 0 Å². The van der Waals surface area contributed by atoms with Gasteiger partial charge in [-0.05, 0) is 6.92 Å². The van der Waals surface area contributed by atoms with Crippen molar-refractivity contribution in [2.75, 3.05) is 6.61 Å². The van der Waals surface area contributed by atoms with Crippen molar-refractivity contribution in [2.45, 2.75) is 13.0 Å². The van der Waals surface area contributed by atoms with Crippen LogP contribution in [0.1, 0.15) is 18.6 Å². The van der Waals surface area contributed by atoms with Crippen molar-refractivity contribution in [2.24, 2.45) is 0 Å². The van der Waals surface area contributed by atoms with Gasteiger partial charge >= 0.3 is 11.9 Å². The summed E-state index contributed by atoms with van der Waals surface area (Å²) < 4.78 is 9.82. The van der Waals surface area contributed by atoms with Crippen LogP contribution in [0.15, 0.2) is 43.0 Å². The maximum atomic E-state index is 11.7. The number of hydrogen-bond acceptors (Lipinski definition) is 4. The second kappa shape index (κ2) is 6.48. The number of carbonyl (C=O) groups excluding carboxylic acids is 2. The van der Waals surface area contributed by atoms with Gasteiger partial charge in [0.15, 0.2) is 0 Å². The molecule has 0 aliphatic rings. The van der Waals surface area contributed by atoms with Gasteiger partial charge in [0.1, 0.15) is 0 Å². The number of rotatable bonds is 5. The highest BCUT2D eigenvalue weighted by molar-refractivity contribution is 5.85. The molecule has 1 rings (SSSR count). The molecule has 4 heteroatoms. The van der Waals surface area contributed by atoms with Crippen LogP contribution in [0.3, 0.4) is 0 Å². The van der Waals surface area contributed by atoms with E-state index in [4.69, 9.17) is 9.47 Å². The topological polar surface area (TPSA) is 52.6 Å². The summed E-state index contributed by atoms with van der Waals surface area (Å²) in [5.74, 6) is -1.25. The molecule has 0 spiro atoms. The first-order valence-corrected chi connectivity index (χ1v) is 5.23. The molecule has 1 aromatic rings. The predicted molar refractivity (Wildman–Crippen MR) is 62.1 cm³/mol. The molecule has 0 aliphatic carbocycles. The van der Waals surface area contributed by atoms with Gasteiger partial charge in [0.05, 0.1) is 6.61 Å². The van der Waals surface area contributed by atoms with Crippen LogP contribution in [0.25, 0.3) is 0 Å². The van der Waals surface area contributed by atoms with E-state index in [2.05, 4.69) is 6.58 Å². The van der Waals surface area contributed by atoms with Crippen LogP contribution in [-0.4, -0.2) is 18.5 Å². The zero-order valence-corrected chi connectivity index (χ0v) is 9.59. The zero-order valence-electron chi connectivity index (χ0n) is 9.59. The molecule has 1 unspecified atom stereocenters. The van der Waals surface area contributed by atoms with Crippen LogP contribution >= 0.6 is 0 Å². The Bertz CT molecular complexity index is 397. The van der Waals surface area contributed by atoms with E-state index in [1.165, 1.54) is 0 Å². The third-order valence-corrected chi connectivity index (χ3v) is 2.00. The van der Waals surface area contributed by atoms with E-state index in [0.717, 1.165) is 6.08 Å². The lowest BCUT2D eigenvalue weighted by Gasteiger charge is -2.15.